The van der Waals surface area contributed by atoms with Gasteiger partial charge in [0.1, 0.15) is 12.1 Å². The van der Waals surface area contributed by atoms with Crippen molar-refractivity contribution in [3.8, 4) is 0 Å². The number of rotatable bonds is 4. The Morgan fingerprint density at radius 1 is 1.24 bits per heavy atom. The maximum Gasteiger partial charge on any atom is 0.224 e. The molecule has 25 heavy (non-hydrogen) atoms. The van der Waals surface area contributed by atoms with E-state index < -0.39 is 0 Å². The van der Waals surface area contributed by atoms with Gasteiger partial charge in [-0.3, -0.25) is 4.79 Å². The van der Waals surface area contributed by atoms with Gasteiger partial charge in [0, 0.05) is 30.4 Å². The van der Waals surface area contributed by atoms with Crippen LogP contribution in [0.1, 0.15) is 42.5 Å². The summed E-state index contributed by atoms with van der Waals surface area (Å²) in [5.41, 5.74) is 3.70. The molecule has 4 rings (SSSR count). The fraction of sp³-hybridized carbons (Fsp3) is 0.526. The molecule has 1 fully saturated rings. The summed E-state index contributed by atoms with van der Waals surface area (Å²) in [7, 11) is 0. The number of thiophene rings is 1. The van der Waals surface area contributed by atoms with Crippen molar-refractivity contribution >= 4 is 23.1 Å². The molecule has 132 valence electrons. The van der Waals surface area contributed by atoms with E-state index in [-0.39, 0.29) is 11.9 Å². The van der Waals surface area contributed by atoms with E-state index in [0.29, 0.717) is 6.42 Å². The van der Waals surface area contributed by atoms with Gasteiger partial charge in [0.25, 0.3) is 0 Å². The summed E-state index contributed by atoms with van der Waals surface area (Å²) in [6, 6.07) is 2.30. The Kier molecular flexibility index (Phi) is 4.97. The number of nitrogens with one attached hydrogen (secondary N) is 1. The van der Waals surface area contributed by atoms with Gasteiger partial charge in [-0.15, -0.1) is 0 Å². The number of carbonyl (C=O) groups is 1. The van der Waals surface area contributed by atoms with E-state index in [1.807, 2.05) is 16.8 Å². The third kappa shape index (κ3) is 3.84. The average Bonchev–Trinajstić information content (AvgIpc) is 3.15. The first-order valence-corrected chi connectivity index (χ1v) is 10.1. The Balaban J connectivity index is 1.33. The average molecular weight is 356 g/mol. The third-order valence-corrected chi connectivity index (χ3v) is 5.94. The second-order valence-electron chi connectivity index (χ2n) is 6.97. The van der Waals surface area contributed by atoms with Crippen LogP contribution in [0, 0.1) is 0 Å². The van der Waals surface area contributed by atoms with E-state index in [0.717, 1.165) is 50.2 Å². The summed E-state index contributed by atoms with van der Waals surface area (Å²) in [5.74, 6) is 1.27. The maximum atomic E-state index is 12.2. The number of piperidine rings is 1. The van der Waals surface area contributed by atoms with Crippen molar-refractivity contribution in [2.24, 2.45) is 0 Å². The van der Waals surface area contributed by atoms with E-state index in [9.17, 15) is 4.79 Å². The molecular weight excluding hydrogens is 332 g/mol. The number of anilines is 1. The van der Waals surface area contributed by atoms with Gasteiger partial charge in [-0.05, 0) is 60.9 Å². The SMILES string of the molecule is O=C(Cc1ccsc1)NC1CCN(c2ncnc3c2CCCC3)CC1. The van der Waals surface area contributed by atoms with Crippen LogP contribution in [0.2, 0.25) is 0 Å². The van der Waals surface area contributed by atoms with E-state index in [1.54, 1.807) is 17.7 Å². The molecule has 1 aliphatic heterocycles. The molecule has 1 saturated heterocycles. The van der Waals surface area contributed by atoms with Crippen molar-refractivity contribution < 1.29 is 4.79 Å². The first-order valence-electron chi connectivity index (χ1n) is 9.18. The maximum absolute atomic E-state index is 12.2. The summed E-state index contributed by atoms with van der Waals surface area (Å²) in [6.07, 6.45) is 8.83. The van der Waals surface area contributed by atoms with Gasteiger partial charge in [-0.25, -0.2) is 9.97 Å². The fourth-order valence-electron chi connectivity index (χ4n) is 3.87. The molecule has 0 radical (unpaired) electrons. The van der Waals surface area contributed by atoms with Crippen molar-refractivity contribution in [1.82, 2.24) is 15.3 Å². The number of hydrogen-bond acceptors (Lipinski definition) is 5. The van der Waals surface area contributed by atoms with Crippen molar-refractivity contribution in [1.29, 1.82) is 0 Å². The number of amides is 1. The van der Waals surface area contributed by atoms with Crippen LogP contribution in [0.5, 0.6) is 0 Å². The normalized spacial score (nSPS) is 18.0. The molecule has 1 aliphatic carbocycles. The highest BCUT2D eigenvalue weighted by Crippen LogP contribution is 2.28. The minimum atomic E-state index is 0.135. The lowest BCUT2D eigenvalue weighted by Crippen LogP contribution is -2.45. The fourth-order valence-corrected chi connectivity index (χ4v) is 4.54. The smallest absolute Gasteiger partial charge is 0.224 e. The zero-order valence-electron chi connectivity index (χ0n) is 14.4. The predicted octanol–water partition coefficient (Wildman–Crippen LogP) is 2.74. The molecular formula is C19H24N4OS. The lowest BCUT2D eigenvalue weighted by Gasteiger charge is -2.35. The minimum Gasteiger partial charge on any atom is -0.356 e. The third-order valence-electron chi connectivity index (χ3n) is 5.21. The zero-order chi connectivity index (χ0) is 17.1. The Morgan fingerprint density at radius 3 is 2.88 bits per heavy atom. The van der Waals surface area contributed by atoms with Crippen molar-refractivity contribution in [2.75, 3.05) is 18.0 Å². The van der Waals surface area contributed by atoms with Gasteiger partial charge in [0.05, 0.1) is 6.42 Å². The molecule has 0 bridgehead atoms. The second kappa shape index (κ2) is 7.52. The molecule has 1 amide bonds. The first kappa shape index (κ1) is 16.5. The first-order chi connectivity index (χ1) is 12.3. The number of aromatic nitrogens is 2. The molecule has 0 unspecified atom stereocenters. The Morgan fingerprint density at radius 2 is 2.08 bits per heavy atom. The molecule has 2 aliphatic rings. The summed E-state index contributed by atoms with van der Waals surface area (Å²) in [5, 5.41) is 7.26. The summed E-state index contributed by atoms with van der Waals surface area (Å²) in [4.78, 5) is 23.6. The number of hydrogen-bond donors (Lipinski definition) is 1. The lowest BCUT2D eigenvalue weighted by molar-refractivity contribution is -0.121. The van der Waals surface area contributed by atoms with Crippen molar-refractivity contribution in [3.63, 3.8) is 0 Å². The Labute approximate surface area is 152 Å². The van der Waals surface area contributed by atoms with Gasteiger partial charge in [0.15, 0.2) is 0 Å². The number of nitrogens with zero attached hydrogens (tertiary/aromatic N) is 3. The molecule has 0 spiro atoms. The summed E-state index contributed by atoms with van der Waals surface area (Å²) >= 11 is 1.64. The van der Waals surface area contributed by atoms with Crippen LogP contribution >= 0.6 is 11.3 Å². The van der Waals surface area contributed by atoms with Crippen LogP contribution in [0.15, 0.2) is 23.2 Å². The molecule has 1 N–H and O–H groups in total. The largest absolute Gasteiger partial charge is 0.356 e. The monoisotopic (exact) mass is 356 g/mol. The van der Waals surface area contributed by atoms with E-state index in [2.05, 4.69) is 20.2 Å². The van der Waals surface area contributed by atoms with E-state index >= 15 is 0 Å². The van der Waals surface area contributed by atoms with Crippen LogP contribution in [0.3, 0.4) is 0 Å². The lowest BCUT2D eigenvalue weighted by atomic mass is 9.95. The second-order valence-corrected chi connectivity index (χ2v) is 7.75. The minimum absolute atomic E-state index is 0.135. The molecule has 5 nitrogen and oxygen atoms in total. The molecule has 2 aromatic rings. The standard InChI is InChI=1S/C19H24N4OS/c24-18(11-14-7-10-25-12-14)22-15-5-8-23(9-6-15)19-16-3-1-2-4-17(16)20-13-21-19/h7,10,12-13,15H,1-6,8-9,11H2,(H,22,24). The molecule has 0 aromatic carbocycles. The molecule has 0 saturated carbocycles. The van der Waals surface area contributed by atoms with Gasteiger partial charge in [-0.2, -0.15) is 11.3 Å². The summed E-state index contributed by atoms with van der Waals surface area (Å²) in [6.45, 7) is 1.90. The van der Waals surface area contributed by atoms with Crippen LogP contribution in [-0.4, -0.2) is 35.0 Å². The van der Waals surface area contributed by atoms with Crippen LogP contribution in [0.4, 0.5) is 5.82 Å². The number of aryl methyl sites for hydroxylation is 1. The van der Waals surface area contributed by atoms with Crippen molar-refractivity contribution in [3.05, 3.63) is 40.0 Å². The number of fused-ring (bicyclic) bond motifs is 1. The van der Waals surface area contributed by atoms with Gasteiger partial charge in [0.2, 0.25) is 5.91 Å². The summed E-state index contributed by atoms with van der Waals surface area (Å²) < 4.78 is 0. The van der Waals surface area contributed by atoms with Crippen molar-refractivity contribution in [2.45, 2.75) is 51.0 Å². The molecule has 0 atom stereocenters. The highest BCUT2D eigenvalue weighted by atomic mass is 32.1. The van der Waals surface area contributed by atoms with E-state index in [1.165, 1.54) is 24.1 Å². The topological polar surface area (TPSA) is 58.1 Å². The zero-order valence-corrected chi connectivity index (χ0v) is 15.2. The van der Waals surface area contributed by atoms with Crippen LogP contribution in [0.25, 0.3) is 0 Å². The van der Waals surface area contributed by atoms with Gasteiger partial charge >= 0.3 is 0 Å². The molecule has 3 heterocycles. The molecule has 2 aromatic heterocycles. The Hall–Kier alpha value is -1.95. The highest BCUT2D eigenvalue weighted by Gasteiger charge is 2.25. The quantitative estimate of drug-likeness (QED) is 0.915. The van der Waals surface area contributed by atoms with E-state index in [4.69, 9.17) is 0 Å². The Bertz CT molecular complexity index is 723. The van der Waals surface area contributed by atoms with Gasteiger partial charge in [-0.1, -0.05) is 0 Å². The highest BCUT2D eigenvalue weighted by molar-refractivity contribution is 7.08. The van der Waals surface area contributed by atoms with Crippen LogP contribution < -0.4 is 10.2 Å². The molecule has 6 heteroatoms. The van der Waals surface area contributed by atoms with Crippen LogP contribution in [-0.2, 0) is 24.1 Å². The van der Waals surface area contributed by atoms with Gasteiger partial charge < -0.3 is 10.2 Å². The predicted molar refractivity (Wildman–Crippen MR) is 100 cm³/mol. The number of carbonyl (C=O) groups excluding carboxylic acids is 1.